The van der Waals surface area contributed by atoms with Gasteiger partial charge in [-0.2, -0.15) is 0 Å². The Morgan fingerprint density at radius 3 is 2.95 bits per heavy atom. The van der Waals surface area contributed by atoms with Gasteiger partial charge in [-0.3, -0.25) is 24.3 Å². The van der Waals surface area contributed by atoms with E-state index in [0.29, 0.717) is 6.42 Å². The second-order valence-corrected chi connectivity index (χ2v) is 4.59. The molecule has 0 aliphatic carbocycles. The SMILES string of the molecule is CCOC(=O)CN1C(=O)CC(Cc2cccnc2)C1=O. The third-order valence-corrected chi connectivity index (χ3v) is 3.13. The maximum absolute atomic E-state index is 12.1. The van der Waals surface area contributed by atoms with Gasteiger partial charge in [0.1, 0.15) is 6.54 Å². The summed E-state index contributed by atoms with van der Waals surface area (Å²) in [4.78, 5) is 40.3. The predicted octanol–water partition coefficient (Wildman–Crippen LogP) is 0.562. The Hall–Kier alpha value is -2.24. The summed E-state index contributed by atoms with van der Waals surface area (Å²) < 4.78 is 4.76. The van der Waals surface area contributed by atoms with E-state index in [1.165, 1.54) is 0 Å². The Bertz CT molecular complexity index is 515. The fourth-order valence-corrected chi connectivity index (χ4v) is 2.22. The van der Waals surface area contributed by atoms with Crippen molar-refractivity contribution in [2.45, 2.75) is 19.8 Å². The number of esters is 1. The molecule has 2 rings (SSSR count). The lowest BCUT2D eigenvalue weighted by atomic mass is 9.99. The Morgan fingerprint density at radius 1 is 1.50 bits per heavy atom. The van der Waals surface area contributed by atoms with Gasteiger partial charge in [-0.25, -0.2) is 0 Å². The highest BCUT2D eigenvalue weighted by Gasteiger charge is 2.39. The van der Waals surface area contributed by atoms with Gasteiger partial charge in [-0.1, -0.05) is 6.07 Å². The number of carbonyl (C=O) groups excluding carboxylic acids is 3. The van der Waals surface area contributed by atoms with Gasteiger partial charge in [-0.15, -0.1) is 0 Å². The number of hydrogen-bond acceptors (Lipinski definition) is 5. The number of pyridine rings is 1. The Balaban J connectivity index is 2.00. The van der Waals surface area contributed by atoms with Crippen molar-refractivity contribution in [1.82, 2.24) is 9.88 Å². The van der Waals surface area contributed by atoms with Gasteiger partial charge < -0.3 is 4.74 Å². The van der Waals surface area contributed by atoms with Gasteiger partial charge in [0, 0.05) is 18.8 Å². The molecule has 1 aromatic heterocycles. The number of likely N-dealkylation sites (tertiary alicyclic amines) is 1. The maximum atomic E-state index is 12.1. The van der Waals surface area contributed by atoms with E-state index in [0.717, 1.165) is 10.5 Å². The molecule has 106 valence electrons. The molecule has 0 aromatic carbocycles. The molecular weight excluding hydrogens is 260 g/mol. The van der Waals surface area contributed by atoms with E-state index in [-0.39, 0.29) is 31.4 Å². The molecule has 1 unspecified atom stereocenters. The van der Waals surface area contributed by atoms with Gasteiger partial charge in [0.15, 0.2) is 0 Å². The van der Waals surface area contributed by atoms with Gasteiger partial charge in [0.25, 0.3) is 0 Å². The van der Waals surface area contributed by atoms with E-state index in [1.54, 1.807) is 25.4 Å². The molecule has 2 amide bonds. The molecular formula is C14H16N2O4. The molecule has 1 fully saturated rings. The molecule has 20 heavy (non-hydrogen) atoms. The van der Waals surface area contributed by atoms with Crippen LogP contribution in [0.5, 0.6) is 0 Å². The Labute approximate surface area is 116 Å². The van der Waals surface area contributed by atoms with E-state index in [2.05, 4.69) is 4.98 Å². The van der Waals surface area contributed by atoms with Gasteiger partial charge >= 0.3 is 5.97 Å². The van der Waals surface area contributed by atoms with Crippen LogP contribution < -0.4 is 0 Å². The lowest BCUT2D eigenvalue weighted by Crippen LogP contribution is -2.36. The average Bonchev–Trinajstić information content (AvgIpc) is 2.68. The largest absolute Gasteiger partial charge is 0.465 e. The van der Waals surface area contributed by atoms with E-state index >= 15 is 0 Å². The number of carbonyl (C=O) groups is 3. The third kappa shape index (κ3) is 3.20. The van der Waals surface area contributed by atoms with E-state index < -0.39 is 11.9 Å². The van der Waals surface area contributed by atoms with Crippen LogP contribution in [0.2, 0.25) is 0 Å². The number of amides is 2. The van der Waals surface area contributed by atoms with Crippen LogP contribution in [0.4, 0.5) is 0 Å². The summed E-state index contributed by atoms with van der Waals surface area (Å²) in [5, 5.41) is 0. The van der Waals surface area contributed by atoms with Crippen molar-refractivity contribution < 1.29 is 19.1 Å². The number of aromatic nitrogens is 1. The number of imide groups is 1. The highest BCUT2D eigenvalue weighted by Crippen LogP contribution is 2.23. The summed E-state index contributed by atoms with van der Waals surface area (Å²) in [6.45, 7) is 1.61. The quantitative estimate of drug-likeness (QED) is 0.580. The summed E-state index contributed by atoms with van der Waals surface area (Å²) in [5.41, 5.74) is 0.900. The highest BCUT2D eigenvalue weighted by molar-refractivity contribution is 6.05. The molecule has 0 saturated carbocycles. The first-order chi connectivity index (χ1) is 9.61. The summed E-state index contributed by atoms with van der Waals surface area (Å²) in [6.07, 6.45) is 3.91. The maximum Gasteiger partial charge on any atom is 0.326 e. The smallest absolute Gasteiger partial charge is 0.326 e. The zero-order valence-electron chi connectivity index (χ0n) is 11.2. The Morgan fingerprint density at radius 2 is 2.30 bits per heavy atom. The summed E-state index contributed by atoms with van der Waals surface area (Å²) >= 11 is 0. The molecule has 1 atom stereocenters. The molecule has 0 radical (unpaired) electrons. The monoisotopic (exact) mass is 276 g/mol. The van der Waals surface area contributed by atoms with Crippen molar-refractivity contribution in [1.29, 1.82) is 0 Å². The lowest BCUT2D eigenvalue weighted by Gasteiger charge is -2.13. The van der Waals surface area contributed by atoms with Crippen molar-refractivity contribution >= 4 is 17.8 Å². The molecule has 1 aliphatic heterocycles. The summed E-state index contributed by atoms with van der Waals surface area (Å²) in [7, 11) is 0. The number of ether oxygens (including phenoxy) is 1. The van der Waals surface area contributed by atoms with Crippen molar-refractivity contribution in [2.24, 2.45) is 5.92 Å². The van der Waals surface area contributed by atoms with E-state index in [4.69, 9.17) is 4.74 Å². The standard InChI is InChI=1S/C14H16N2O4/c1-2-20-13(18)9-16-12(17)7-11(14(16)19)6-10-4-3-5-15-8-10/h3-5,8,11H,2,6-7,9H2,1H3. The van der Waals surface area contributed by atoms with Crippen LogP contribution in [-0.4, -0.2) is 40.8 Å². The summed E-state index contributed by atoms with van der Waals surface area (Å²) in [6, 6.07) is 3.64. The van der Waals surface area contributed by atoms with Gasteiger partial charge in [0.2, 0.25) is 11.8 Å². The zero-order valence-corrected chi connectivity index (χ0v) is 11.2. The minimum absolute atomic E-state index is 0.132. The number of nitrogens with zero attached hydrogens (tertiary/aromatic N) is 2. The van der Waals surface area contributed by atoms with Crippen molar-refractivity contribution in [3.8, 4) is 0 Å². The van der Waals surface area contributed by atoms with Crippen LogP contribution in [-0.2, 0) is 25.5 Å². The van der Waals surface area contributed by atoms with Crippen molar-refractivity contribution in [3.05, 3.63) is 30.1 Å². The van der Waals surface area contributed by atoms with Crippen LogP contribution >= 0.6 is 0 Å². The minimum Gasteiger partial charge on any atom is -0.465 e. The molecule has 0 bridgehead atoms. The number of hydrogen-bond donors (Lipinski definition) is 0. The first kappa shape index (κ1) is 14.2. The van der Waals surface area contributed by atoms with Gasteiger partial charge in [0.05, 0.1) is 12.5 Å². The first-order valence-electron chi connectivity index (χ1n) is 6.50. The fraction of sp³-hybridized carbons (Fsp3) is 0.429. The summed E-state index contributed by atoms with van der Waals surface area (Å²) in [5.74, 6) is -1.61. The first-order valence-corrected chi connectivity index (χ1v) is 6.50. The minimum atomic E-state index is -0.559. The van der Waals surface area contributed by atoms with Crippen LogP contribution in [0, 0.1) is 5.92 Å². The van der Waals surface area contributed by atoms with Crippen LogP contribution in [0.15, 0.2) is 24.5 Å². The van der Waals surface area contributed by atoms with Crippen molar-refractivity contribution in [2.75, 3.05) is 13.2 Å². The van der Waals surface area contributed by atoms with Crippen LogP contribution in [0.1, 0.15) is 18.9 Å². The topological polar surface area (TPSA) is 76.6 Å². The number of rotatable bonds is 5. The molecule has 6 nitrogen and oxygen atoms in total. The molecule has 6 heteroatoms. The van der Waals surface area contributed by atoms with Gasteiger partial charge in [-0.05, 0) is 25.0 Å². The second kappa shape index (κ2) is 6.27. The van der Waals surface area contributed by atoms with E-state index in [1.807, 2.05) is 6.07 Å². The highest BCUT2D eigenvalue weighted by atomic mass is 16.5. The second-order valence-electron chi connectivity index (χ2n) is 4.59. The molecule has 1 aliphatic rings. The third-order valence-electron chi connectivity index (χ3n) is 3.13. The van der Waals surface area contributed by atoms with Crippen LogP contribution in [0.25, 0.3) is 0 Å². The molecule has 0 N–H and O–H groups in total. The molecule has 1 aromatic rings. The molecule has 0 spiro atoms. The average molecular weight is 276 g/mol. The zero-order chi connectivity index (χ0) is 14.5. The fourth-order valence-electron chi connectivity index (χ4n) is 2.22. The molecule has 1 saturated heterocycles. The predicted molar refractivity (Wildman–Crippen MR) is 69.4 cm³/mol. The Kier molecular flexibility index (Phi) is 4.45. The van der Waals surface area contributed by atoms with Crippen molar-refractivity contribution in [3.63, 3.8) is 0 Å². The lowest BCUT2D eigenvalue weighted by molar-refractivity contribution is -0.152. The van der Waals surface area contributed by atoms with E-state index in [9.17, 15) is 14.4 Å². The normalized spacial score (nSPS) is 18.4. The van der Waals surface area contributed by atoms with Crippen LogP contribution in [0.3, 0.4) is 0 Å². The molecule has 2 heterocycles.